The van der Waals surface area contributed by atoms with Crippen molar-refractivity contribution in [3.05, 3.63) is 103 Å². The molecule has 0 N–H and O–H groups in total. The van der Waals surface area contributed by atoms with Gasteiger partial charge in [0.2, 0.25) is 0 Å². The summed E-state index contributed by atoms with van der Waals surface area (Å²) < 4.78 is 8.37. The number of fused-ring (bicyclic) bond motifs is 1. The Bertz CT molecular complexity index is 1230. The zero-order valence-electron chi connectivity index (χ0n) is 15.1. The average molecular weight is 426 g/mol. The normalized spacial score (nSPS) is 11.0. The first-order valence-electron chi connectivity index (χ1n) is 9.16. The molecule has 5 aromatic rings. The van der Waals surface area contributed by atoms with Gasteiger partial charge in [0.25, 0.3) is 0 Å². The summed E-state index contributed by atoms with van der Waals surface area (Å²) in [6.45, 7) is 0. The molecule has 0 aliphatic rings. The van der Waals surface area contributed by atoms with Crippen molar-refractivity contribution in [1.29, 1.82) is 0 Å². The summed E-state index contributed by atoms with van der Waals surface area (Å²) in [5, 5.41) is 6.95. The molecule has 2 nitrogen and oxygen atoms in total. The first-order chi connectivity index (χ1) is 13.9. The first-order valence-corrected chi connectivity index (χ1v) is 10.9. The van der Waals surface area contributed by atoms with Crippen molar-refractivity contribution in [3.8, 4) is 22.6 Å². The van der Waals surface area contributed by atoms with Crippen LogP contribution >= 0.6 is 0 Å². The van der Waals surface area contributed by atoms with Crippen molar-refractivity contribution in [2.45, 2.75) is 0 Å². The topological polar surface area (TPSA) is 26.0 Å². The van der Waals surface area contributed by atoms with Crippen molar-refractivity contribution in [2.24, 2.45) is 0 Å². The maximum atomic E-state index is 5.89. The fourth-order valence-electron chi connectivity index (χ4n) is 3.28. The fourth-order valence-corrected chi connectivity index (χ4v) is 5.43. The molecule has 0 saturated heterocycles. The molecule has 0 saturated carbocycles. The van der Waals surface area contributed by atoms with Gasteiger partial charge >= 0.3 is 170 Å². The van der Waals surface area contributed by atoms with E-state index in [1.54, 1.807) is 0 Å². The molecule has 4 aromatic carbocycles. The molecule has 0 bridgehead atoms. The summed E-state index contributed by atoms with van der Waals surface area (Å²) in [6, 6.07) is 35.7. The van der Waals surface area contributed by atoms with Crippen LogP contribution < -0.4 is 8.92 Å². The van der Waals surface area contributed by atoms with Crippen LogP contribution in [0.1, 0.15) is 0 Å². The summed E-state index contributed by atoms with van der Waals surface area (Å²) in [5.74, 6) is 0.868. The number of hydrogen-bond acceptors (Lipinski definition) is 2. The van der Waals surface area contributed by atoms with Crippen LogP contribution in [0.4, 0.5) is 0 Å². The second-order valence-electron chi connectivity index (χ2n) is 6.53. The molecular weight excluding hydrogens is 409 g/mol. The Kier molecular flexibility index (Phi) is 4.54. The van der Waals surface area contributed by atoms with E-state index >= 15 is 0 Å². The van der Waals surface area contributed by atoms with Gasteiger partial charge in [0.15, 0.2) is 0 Å². The average Bonchev–Trinajstić information content (AvgIpc) is 3.18. The van der Waals surface area contributed by atoms with E-state index in [4.69, 9.17) is 4.52 Å². The molecule has 0 aliphatic heterocycles. The van der Waals surface area contributed by atoms with E-state index in [0.717, 1.165) is 22.6 Å². The van der Waals surface area contributed by atoms with E-state index in [-0.39, 0.29) is 15.0 Å². The van der Waals surface area contributed by atoms with Crippen LogP contribution in [0.5, 0.6) is 0 Å². The predicted octanol–water partition coefficient (Wildman–Crippen LogP) is 4.82. The number of aromatic nitrogens is 1. The predicted molar refractivity (Wildman–Crippen MR) is 116 cm³/mol. The molecule has 0 unspecified atom stereocenters. The minimum atomic E-state index is 0.0907. The minimum absolute atomic E-state index is 0.0907. The second-order valence-corrected chi connectivity index (χ2v) is 8.81. The molecule has 0 atom stereocenters. The van der Waals surface area contributed by atoms with Crippen LogP contribution in [0, 0.1) is 0 Å². The summed E-state index contributed by atoms with van der Waals surface area (Å²) in [4.78, 5) is 0. The Morgan fingerprint density at radius 2 is 1.29 bits per heavy atom. The van der Waals surface area contributed by atoms with Crippen molar-refractivity contribution in [1.82, 2.24) is 5.16 Å². The van der Waals surface area contributed by atoms with Gasteiger partial charge in [-0.25, -0.2) is 0 Å². The van der Waals surface area contributed by atoms with Gasteiger partial charge < -0.3 is 0 Å². The molecule has 3 heteroatoms. The molecule has 0 radical (unpaired) electrons. The van der Waals surface area contributed by atoms with Crippen molar-refractivity contribution < 1.29 is 4.52 Å². The monoisotopic (exact) mass is 427 g/mol. The van der Waals surface area contributed by atoms with Crippen LogP contribution in [0.3, 0.4) is 0 Å². The van der Waals surface area contributed by atoms with Gasteiger partial charge in [-0.2, -0.15) is 0 Å². The third-order valence-corrected chi connectivity index (χ3v) is 6.96. The van der Waals surface area contributed by atoms with Crippen LogP contribution in [0.25, 0.3) is 33.4 Å². The number of benzene rings is 4. The van der Waals surface area contributed by atoms with E-state index in [9.17, 15) is 0 Å². The molecule has 0 fully saturated rings. The van der Waals surface area contributed by atoms with Gasteiger partial charge in [-0.3, -0.25) is 0 Å². The van der Waals surface area contributed by atoms with Gasteiger partial charge in [0.05, 0.1) is 0 Å². The first kappa shape index (κ1) is 17.0. The SMILES string of the molecule is c1ccc([Se]c2c(-c3ccc4ccccc4c3)noc2-c2ccccc2)cc1. The van der Waals surface area contributed by atoms with Crippen LogP contribution in [-0.4, -0.2) is 20.1 Å². The van der Waals surface area contributed by atoms with Gasteiger partial charge in [-0.1, -0.05) is 0 Å². The summed E-state index contributed by atoms with van der Waals surface area (Å²) in [5.41, 5.74) is 3.10. The zero-order chi connectivity index (χ0) is 18.8. The Balaban J connectivity index is 1.67. The van der Waals surface area contributed by atoms with E-state index < -0.39 is 0 Å². The molecule has 1 aromatic heterocycles. The van der Waals surface area contributed by atoms with Gasteiger partial charge in [0.1, 0.15) is 0 Å². The molecule has 134 valence electrons. The van der Waals surface area contributed by atoms with E-state index in [0.29, 0.717) is 0 Å². The Morgan fingerprint density at radius 1 is 0.607 bits per heavy atom. The van der Waals surface area contributed by atoms with Crippen molar-refractivity contribution in [3.63, 3.8) is 0 Å². The molecule has 0 spiro atoms. The Labute approximate surface area is 170 Å². The van der Waals surface area contributed by atoms with E-state index in [2.05, 4.69) is 90.1 Å². The van der Waals surface area contributed by atoms with Crippen LogP contribution in [0.15, 0.2) is 108 Å². The summed E-state index contributed by atoms with van der Waals surface area (Å²) in [7, 11) is 0. The Morgan fingerprint density at radius 3 is 2.07 bits per heavy atom. The van der Waals surface area contributed by atoms with Crippen molar-refractivity contribution in [2.75, 3.05) is 0 Å². The Hall–Kier alpha value is -3.13. The number of hydrogen-bond donors (Lipinski definition) is 0. The number of nitrogens with zero attached hydrogens (tertiary/aromatic N) is 1. The maximum absolute atomic E-state index is 5.89. The quantitative estimate of drug-likeness (QED) is 0.386. The fraction of sp³-hybridized carbons (Fsp3) is 0. The summed E-state index contributed by atoms with van der Waals surface area (Å²) >= 11 is 0.0907. The molecular formula is C25H17NOSe. The molecule has 5 rings (SSSR count). The molecule has 0 amide bonds. The van der Waals surface area contributed by atoms with Gasteiger partial charge in [-0.15, -0.1) is 0 Å². The van der Waals surface area contributed by atoms with Crippen LogP contribution in [-0.2, 0) is 0 Å². The molecule has 0 aliphatic carbocycles. The van der Waals surface area contributed by atoms with Gasteiger partial charge in [-0.05, 0) is 0 Å². The van der Waals surface area contributed by atoms with Crippen molar-refractivity contribution >= 4 is 34.7 Å². The van der Waals surface area contributed by atoms with Gasteiger partial charge in [0, 0.05) is 0 Å². The molecule has 1 heterocycles. The standard InChI is InChI=1S/C25H17NOSe/c1-3-10-19(11-4-1)24-25(28-22-13-5-2-6-14-22)23(26-27-24)21-16-15-18-9-7-8-12-20(18)17-21/h1-17H. The van der Waals surface area contributed by atoms with E-state index in [1.165, 1.54) is 19.7 Å². The van der Waals surface area contributed by atoms with E-state index in [1.807, 2.05) is 18.2 Å². The number of rotatable bonds is 4. The summed E-state index contributed by atoms with van der Waals surface area (Å²) in [6.07, 6.45) is 0. The third kappa shape index (κ3) is 3.27. The second kappa shape index (κ2) is 7.47. The molecule has 28 heavy (non-hydrogen) atoms. The van der Waals surface area contributed by atoms with Crippen LogP contribution in [0.2, 0.25) is 0 Å². The third-order valence-electron chi connectivity index (χ3n) is 4.67. The zero-order valence-corrected chi connectivity index (χ0v) is 16.8.